The van der Waals surface area contributed by atoms with Crippen molar-refractivity contribution in [3.8, 4) is 17.1 Å². The Morgan fingerprint density at radius 2 is 1.90 bits per heavy atom. The van der Waals surface area contributed by atoms with Gasteiger partial charge in [-0.1, -0.05) is 29.4 Å². The maximum absolute atomic E-state index is 13.1. The van der Waals surface area contributed by atoms with Gasteiger partial charge in [-0.3, -0.25) is 0 Å². The summed E-state index contributed by atoms with van der Waals surface area (Å²) in [5.41, 5.74) is 1.52. The lowest BCUT2D eigenvalue weighted by Gasteiger charge is -1.96. The predicted octanol–water partition coefficient (Wildman–Crippen LogP) is 3.17. The fourth-order valence-electron chi connectivity index (χ4n) is 1.86. The fourth-order valence-corrected chi connectivity index (χ4v) is 1.86. The van der Waals surface area contributed by atoms with Gasteiger partial charge in [0.15, 0.2) is 0 Å². The van der Waals surface area contributed by atoms with E-state index in [1.54, 1.807) is 36.4 Å². The molecule has 0 spiro atoms. The third kappa shape index (κ3) is 2.66. The third-order valence-corrected chi connectivity index (χ3v) is 2.84. The zero-order valence-corrected chi connectivity index (χ0v) is 10.5. The molecule has 0 saturated heterocycles. The Bertz CT molecular complexity index is 723. The summed E-state index contributed by atoms with van der Waals surface area (Å²) in [6.45, 7) is 0. The van der Waals surface area contributed by atoms with Gasteiger partial charge in [0.25, 0.3) is 0 Å². The van der Waals surface area contributed by atoms with E-state index in [1.807, 2.05) is 0 Å². The molecule has 1 aromatic heterocycles. The number of phenols is 1. The molecule has 3 rings (SSSR count). The molecule has 4 nitrogen and oxygen atoms in total. The van der Waals surface area contributed by atoms with E-state index in [0.29, 0.717) is 23.7 Å². The lowest BCUT2D eigenvalue weighted by molar-refractivity contribution is 0.385. The molecular formula is C15H11FN2O2. The van der Waals surface area contributed by atoms with Gasteiger partial charge in [-0.05, 0) is 29.8 Å². The molecule has 20 heavy (non-hydrogen) atoms. The van der Waals surface area contributed by atoms with Crippen molar-refractivity contribution in [3.63, 3.8) is 0 Å². The summed E-state index contributed by atoms with van der Waals surface area (Å²) in [5, 5.41) is 13.1. The Labute approximate surface area is 114 Å². The van der Waals surface area contributed by atoms with Gasteiger partial charge >= 0.3 is 0 Å². The molecule has 0 aliphatic heterocycles. The molecule has 0 bridgehead atoms. The van der Waals surface area contributed by atoms with E-state index in [2.05, 4.69) is 10.1 Å². The van der Waals surface area contributed by atoms with Crippen LogP contribution in [0.1, 0.15) is 11.5 Å². The first-order chi connectivity index (χ1) is 9.70. The molecule has 0 aliphatic carbocycles. The van der Waals surface area contributed by atoms with E-state index in [9.17, 15) is 9.50 Å². The van der Waals surface area contributed by atoms with Crippen LogP contribution in [0.4, 0.5) is 4.39 Å². The van der Waals surface area contributed by atoms with Crippen molar-refractivity contribution in [2.75, 3.05) is 0 Å². The van der Waals surface area contributed by atoms with Crippen LogP contribution in [0.3, 0.4) is 0 Å². The number of aromatic nitrogens is 2. The number of nitrogens with zero attached hydrogens (tertiary/aromatic N) is 2. The Morgan fingerprint density at radius 3 is 2.65 bits per heavy atom. The topological polar surface area (TPSA) is 59.2 Å². The van der Waals surface area contributed by atoms with Crippen LogP contribution in [0.15, 0.2) is 53.1 Å². The van der Waals surface area contributed by atoms with Crippen molar-refractivity contribution in [1.29, 1.82) is 0 Å². The lowest BCUT2D eigenvalue weighted by atomic mass is 10.1. The standard InChI is InChI=1S/C15H11FN2O2/c16-12-3-1-2-11(9-12)15-17-14(20-18-15)8-10-4-6-13(19)7-5-10/h1-7,9,19H,8H2. The largest absolute Gasteiger partial charge is 0.508 e. The van der Waals surface area contributed by atoms with Crippen LogP contribution in [-0.2, 0) is 6.42 Å². The van der Waals surface area contributed by atoms with Gasteiger partial charge in [0.2, 0.25) is 11.7 Å². The van der Waals surface area contributed by atoms with Gasteiger partial charge in [-0.2, -0.15) is 4.98 Å². The first kappa shape index (κ1) is 12.3. The molecule has 0 saturated carbocycles. The van der Waals surface area contributed by atoms with Gasteiger partial charge in [-0.15, -0.1) is 0 Å². The van der Waals surface area contributed by atoms with Crippen LogP contribution in [-0.4, -0.2) is 15.2 Å². The molecule has 0 atom stereocenters. The maximum Gasteiger partial charge on any atom is 0.231 e. The monoisotopic (exact) mass is 270 g/mol. The number of phenolic OH excluding ortho intramolecular Hbond substituents is 1. The zero-order chi connectivity index (χ0) is 13.9. The van der Waals surface area contributed by atoms with Crippen LogP contribution >= 0.6 is 0 Å². The Kier molecular flexibility index (Phi) is 3.16. The third-order valence-electron chi connectivity index (χ3n) is 2.84. The summed E-state index contributed by atoms with van der Waals surface area (Å²) in [6, 6.07) is 12.8. The number of hydrogen-bond acceptors (Lipinski definition) is 4. The first-order valence-corrected chi connectivity index (χ1v) is 6.07. The first-order valence-electron chi connectivity index (χ1n) is 6.07. The molecule has 0 radical (unpaired) electrons. The van der Waals surface area contributed by atoms with Crippen molar-refractivity contribution in [2.24, 2.45) is 0 Å². The second-order valence-corrected chi connectivity index (χ2v) is 4.37. The zero-order valence-electron chi connectivity index (χ0n) is 10.5. The number of rotatable bonds is 3. The van der Waals surface area contributed by atoms with Crippen molar-refractivity contribution in [2.45, 2.75) is 6.42 Å². The minimum atomic E-state index is -0.340. The summed E-state index contributed by atoms with van der Waals surface area (Å²) in [5.74, 6) is 0.667. The Balaban J connectivity index is 1.82. The summed E-state index contributed by atoms with van der Waals surface area (Å²) in [7, 11) is 0. The Hall–Kier alpha value is -2.69. The van der Waals surface area contributed by atoms with Gasteiger partial charge in [0.1, 0.15) is 11.6 Å². The minimum absolute atomic E-state index is 0.208. The highest BCUT2D eigenvalue weighted by Crippen LogP contribution is 2.18. The predicted molar refractivity (Wildman–Crippen MR) is 70.6 cm³/mol. The molecule has 2 aromatic carbocycles. The summed E-state index contributed by atoms with van der Waals surface area (Å²) in [6.07, 6.45) is 0.461. The number of hydrogen-bond donors (Lipinski definition) is 1. The highest BCUT2D eigenvalue weighted by Gasteiger charge is 2.09. The molecule has 1 N–H and O–H groups in total. The smallest absolute Gasteiger partial charge is 0.231 e. The molecule has 0 aliphatic rings. The van der Waals surface area contributed by atoms with E-state index >= 15 is 0 Å². The number of halogens is 1. The normalized spacial score (nSPS) is 10.7. The maximum atomic E-state index is 13.1. The highest BCUT2D eigenvalue weighted by molar-refractivity contribution is 5.53. The minimum Gasteiger partial charge on any atom is -0.508 e. The fraction of sp³-hybridized carbons (Fsp3) is 0.0667. The second kappa shape index (κ2) is 5.13. The van der Waals surface area contributed by atoms with E-state index < -0.39 is 0 Å². The van der Waals surface area contributed by atoms with E-state index in [-0.39, 0.29) is 11.6 Å². The van der Waals surface area contributed by atoms with Crippen molar-refractivity contribution in [3.05, 3.63) is 65.8 Å². The Morgan fingerprint density at radius 1 is 1.10 bits per heavy atom. The quantitative estimate of drug-likeness (QED) is 0.794. The van der Waals surface area contributed by atoms with E-state index in [0.717, 1.165) is 5.56 Å². The summed E-state index contributed by atoms with van der Waals surface area (Å²) in [4.78, 5) is 4.23. The average molecular weight is 270 g/mol. The average Bonchev–Trinajstić information content (AvgIpc) is 2.90. The SMILES string of the molecule is Oc1ccc(Cc2nc(-c3cccc(F)c3)no2)cc1. The molecule has 3 aromatic rings. The molecule has 0 fully saturated rings. The lowest BCUT2D eigenvalue weighted by Crippen LogP contribution is -1.88. The van der Waals surface area contributed by atoms with Crippen molar-refractivity contribution < 1.29 is 14.0 Å². The number of aromatic hydroxyl groups is 1. The molecular weight excluding hydrogens is 259 g/mol. The van der Waals surface area contributed by atoms with Crippen LogP contribution < -0.4 is 0 Å². The van der Waals surface area contributed by atoms with Crippen LogP contribution in [0, 0.1) is 5.82 Å². The molecule has 100 valence electrons. The van der Waals surface area contributed by atoms with Crippen LogP contribution in [0.2, 0.25) is 0 Å². The summed E-state index contributed by atoms with van der Waals surface area (Å²) < 4.78 is 18.3. The van der Waals surface area contributed by atoms with Crippen LogP contribution in [0.5, 0.6) is 5.75 Å². The van der Waals surface area contributed by atoms with E-state index in [4.69, 9.17) is 4.52 Å². The van der Waals surface area contributed by atoms with Gasteiger partial charge in [0, 0.05) is 5.56 Å². The second-order valence-electron chi connectivity index (χ2n) is 4.37. The molecule has 0 amide bonds. The summed E-state index contributed by atoms with van der Waals surface area (Å²) >= 11 is 0. The van der Waals surface area contributed by atoms with Gasteiger partial charge in [0.05, 0.1) is 6.42 Å². The van der Waals surface area contributed by atoms with E-state index in [1.165, 1.54) is 12.1 Å². The van der Waals surface area contributed by atoms with Crippen molar-refractivity contribution in [1.82, 2.24) is 10.1 Å². The highest BCUT2D eigenvalue weighted by atomic mass is 19.1. The van der Waals surface area contributed by atoms with Gasteiger partial charge in [-0.25, -0.2) is 4.39 Å². The molecule has 5 heteroatoms. The van der Waals surface area contributed by atoms with Gasteiger partial charge < -0.3 is 9.63 Å². The van der Waals surface area contributed by atoms with Crippen molar-refractivity contribution >= 4 is 0 Å². The van der Waals surface area contributed by atoms with Crippen LogP contribution in [0.25, 0.3) is 11.4 Å². The molecule has 1 heterocycles. The molecule has 0 unspecified atom stereocenters. The number of benzene rings is 2.